The molecule has 19 heavy (non-hydrogen) atoms. The molecule has 0 fully saturated rings. The van der Waals surface area contributed by atoms with E-state index in [1.54, 1.807) is 0 Å². The fraction of sp³-hybridized carbons (Fsp3) is 0.571. The maximum atomic E-state index is 13.8. The van der Waals surface area contributed by atoms with Gasteiger partial charge in [0.05, 0.1) is 6.04 Å². The Morgan fingerprint density at radius 3 is 2.00 bits per heavy atom. The van der Waals surface area contributed by atoms with E-state index >= 15 is 0 Å². The van der Waals surface area contributed by atoms with Crippen molar-refractivity contribution in [2.75, 3.05) is 19.6 Å². The standard InChI is InChI=1S/C14H21F3N2/c1-3-5-19(6-4-2)14(9-18)10-7-12(16)13(17)8-11(10)15/h7-8,14H,3-6,9,18H2,1-2H3. The molecule has 0 aliphatic heterocycles. The monoisotopic (exact) mass is 274 g/mol. The second-order valence-corrected chi connectivity index (χ2v) is 4.58. The van der Waals surface area contributed by atoms with E-state index in [4.69, 9.17) is 5.73 Å². The van der Waals surface area contributed by atoms with Crippen LogP contribution in [0.25, 0.3) is 0 Å². The van der Waals surface area contributed by atoms with Crippen LogP contribution >= 0.6 is 0 Å². The molecule has 1 atom stereocenters. The summed E-state index contributed by atoms with van der Waals surface area (Å²) in [5.41, 5.74) is 5.83. The van der Waals surface area contributed by atoms with E-state index in [2.05, 4.69) is 0 Å². The zero-order valence-electron chi connectivity index (χ0n) is 11.4. The second kappa shape index (κ2) is 7.50. The molecule has 1 rings (SSSR count). The van der Waals surface area contributed by atoms with E-state index in [0.717, 1.165) is 32.0 Å². The van der Waals surface area contributed by atoms with E-state index in [1.165, 1.54) is 0 Å². The van der Waals surface area contributed by atoms with Crippen LogP contribution in [0, 0.1) is 17.5 Å². The second-order valence-electron chi connectivity index (χ2n) is 4.58. The Hall–Kier alpha value is -1.07. The average Bonchev–Trinajstić information content (AvgIpc) is 2.37. The predicted octanol–water partition coefficient (Wildman–Crippen LogP) is 3.23. The van der Waals surface area contributed by atoms with Crippen molar-refractivity contribution in [3.05, 3.63) is 35.1 Å². The van der Waals surface area contributed by atoms with Gasteiger partial charge in [0.1, 0.15) is 5.82 Å². The molecule has 0 bridgehead atoms. The summed E-state index contributed by atoms with van der Waals surface area (Å²) in [4.78, 5) is 2.01. The summed E-state index contributed by atoms with van der Waals surface area (Å²) >= 11 is 0. The molecule has 5 heteroatoms. The van der Waals surface area contributed by atoms with E-state index in [-0.39, 0.29) is 12.1 Å². The molecule has 1 aromatic carbocycles. The van der Waals surface area contributed by atoms with Gasteiger partial charge in [0.2, 0.25) is 0 Å². The van der Waals surface area contributed by atoms with Gasteiger partial charge in [-0.2, -0.15) is 0 Å². The van der Waals surface area contributed by atoms with Crippen LogP contribution in [-0.2, 0) is 0 Å². The summed E-state index contributed by atoms with van der Waals surface area (Å²) in [5, 5.41) is 0. The van der Waals surface area contributed by atoms with Gasteiger partial charge in [-0.1, -0.05) is 13.8 Å². The predicted molar refractivity (Wildman–Crippen MR) is 70.3 cm³/mol. The third-order valence-electron chi connectivity index (χ3n) is 3.08. The van der Waals surface area contributed by atoms with Crippen molar-refractivity contribution < 1.29 is 13.2 Å². The maximum absolute atomic E-state index is 13.8. The Morgan fingerprint density at radius 2 is 1.53 bits per heavy atom. The molecule has 1 aromatic rings. The molecular weight excluding hydrogens is 253 g/mol. The summed E-state index contributed by atoms with van der Waals surface area (Å²) in [6.07, 6.45) is 1.78. The van der Waals surface area contributed by atoms with Crippen LogP contribution in [0.15, 0.2) is 12.1 Å². The minimum Gasteiger partial charge on any atom is -0.329 e. The van der Waals surface area contributed by atoms with Gasteiger partial charge < -0.3 is 5.73 Å². The molecule has 0 saturated heterocycles. The summed E-state index contributed by atoms with van der Waals surface area (Å²) in [5.74, 6) is -2.95. The van der Waals surface area contributed by atoms with Crippen molar-refractivity contribution in [2.24, 2.45) is 5.73 Å². The normalized spacial score (nSPS) is 13.0. The first-order chi connectivity index (χ1) is 9.04. The number of halogens is 3. The average molecular weight is 274 g/mol. The molecule has 2 N–H and O–H groups in total. The summed E-state index contributed by atoms with van der Waals surface area (Å²) < 4.78 is 40.1. The number of hydrogen-bond acceptors (Lipinski definition) is 2. The quantitative estimate of drug-likeness (QED) is 0.773. The summed E-state index contributed by atoms with van der Waals surface area (Å²) in [6, 6.07) is 1.08. The van der Waals surface area contributed by atoms with Gasteiger partial charge in [-0.25, -0.2) is 13.2 Å². The lowest BCUT2D eigenvalue weighted by Gasteiger charge is -2.31. The minimum absolute atomic E-state index is 0.128. The molecule has 0 heterocycles. The molecule has 0 radical (unpaired) electrons. The minimum atomic E-state index is -1.17. The lowest BCUT2D eigenvalue weighted by atomic mass is 10.0. The fourth-order valence-electron chi connectivity index (χ4n) is 2.26. The van der Waals surface area contributed by atoms with Gasteiger partial charge >= 0.3 is 0 Å². The molecule has 0 spiro atoms. The Labute approximate surface area is 112 Å². The molecular formula is C14H21F3N2. The van der Waals surface area contributed by atoms with Crippen molar-refractivity contribution >= 4 is 0 Å². The molecule has 108 valence electrons. The SMILES string of the molecule is CCCN(CCC)C(CN)c1cc(F)c(F)cc1F. The topological polar surface area (TPSA) is 29.3 Å². The van der Waals surface area contributed by atoms with E-state index in [9.17, 15) is 13.2 Å². The highest BCUT2D eigenvalue weighted by molar-refractivity contribution is 5.24. The lowest BCUT2D eigenvalue weighted by Crippen LogP contribution is -2.35. The maximum Gasteiger partial charge on any atom is 0.161 e. The zero-order valence-corrected chi connectivity index (χ0v) is 11.4. The Kier molecular flexibility index (Phi) is 6.31. The van der Waals surface area contributed by atoms with Crippen molar-refractivity contribution in [1.29, 1.82) is 0 Å². The fourth-order valence-corrected chi connectivity index (χ4v) is 2.26. The highest BCUT2D eigenvalue weighted by Gasteiger charge is 2.22. The van der Waals surface area contributed by atoms with Crippen LogP contribution in [0.4, 0.5) is 13.2 Å². The molecule has 0 aliphatic rings. The Bertz CT molecular complexity index is 404. The van der Waals surface area contributed by atoms with Crippen LogP contribution in [0.2, 0.25) is 0 Å². The Morgan fingerprint density at radius 1 is 1.00 bits per heavy atom. The number of nitrogens with two attached hydrogens (primary N) is 1. The van der Waals surface area contributed by atoms with E-state index in [0.29, 0.717) is 6.07 Å². The van der Waals surface area contributed by atoms with Gasteiger partial charge in [0, 0.05) is 18.2 Å². The Balaban J connectivity index is 3.10. The molecule has 0 aromatic heterocycles. The van der Waals surface area contributed by atoms with Gasteiger partial charge in [-0.15, -0.1) is 0 Å². The third-order valence-corrected chi connectivity index (χ3v) is 3.08. The van der Waals surface area contributed by atoms with Crippen LogP contribution in [0.5, 0.6) is 0 Å². The van der Waals surface area contributed by atoms with Crippen LogP contribution < -0.4 is 5.73 Å². The first-order valence-corrected chi connectivity index (χ1v) is 6.63. The molecule has 0 aliphatic carbocycles. The van der Waals surface area contributed by atoms with Crippen molar-refractivity contribution in [2.45, 2.75) is 32.7 Å². The van der Waals surface area contributed by atoms with E-state index in [1.807, 2.05) is 18.7 Å². The molecule has 0 saturated carbocycles. The van der Waals surface area contributed by atoms with Crippen molar-refractivity contribution in [3.8, 4) is 0 Å². The van der Waals surface area contributed by atoms with Crippen molar-refractivity contribution in [1.82, 2.24) is 4.90 Å². The molecule has 2 nitrogen and oxygen atoms in total. The van der Waals surface area contributed by atoms with E-state index < -0.39 is 23.5 Å². The number of rotatable bonds is 7. The van der Waals surface area contributed by atoms with Crippen LogP contribution in [0.3, 0.4) is 0 Å². The van der Waals surface area contributed by atoms with Gasteiger partial charge in [0.25, 0.3) is 0 Å². The lowest BCUT2D eigenvalue weighted by molar-refractivity contribution is 0.197. The van der Waals surface area contributed by atoms with Gasteiger partial charge in [-0.3, -0.25) is 4.90 Å². The molecule has 0 amide bonds. The first-order valence-electron chi connectivity index (χ1n) is 6.63. The van der Waals surface area contributed by atoms with Crippen LogP contribution in [0.1, 0.15) is 38.3 Å². The first kappa shape index (κ1) is 16.0. The number of nitrogens with zero attached hydrogens (tertiary/aromatic N) is 1. The third kappa shape index (κ3) is 3.94. The highest BCUT2D eigenvalue weighted by atomic mass is 19.2. The highest BCUT2D eigenvalue weighted by Crippen LogP contribution is 2.25. The number of benzene rings is 1. The molecule has 1 unspecified atom stereocenters. The van der Waals surface area contributed by atoms with Crippen molar-refractivity contribution in [3.63, 3.8) is 0 Å². The van der Waals surface area contributed by atoms with Gasteiger partial charge in [0.15, 0.2) is 11.6 Å². The van der Waals surface area contributed by atoms with Crippen LogP contribution in [-0.4, -0.2) is 24.5 Å². The van der Waals surface area contributed by atoms with Gasteiger partial charge in [-0.05, 0) is 32.0 Å². The number of hydrogen-bond donors (Lipinski definition) is 1. The summed E-state index contributed by atoms with van der Waals surface area (Å²) in [6.45, 7) is 5.68. The summed E-state index contributed by atoms with van der Waals surface area (Å²) in [7, 11) is 0. The zero-order chi connectivity index (χ0) is 14.4. The smallest absolute Gasteiger partial charge is 0.161 e. The largest absolute Gasteiger partial charge is 0.329 e.